The topological polar surface area (TPSA) is 44.8 Å². The maximum atomic E-state index is 11.1. The van der Waals surface area contributed by atoms with Gasteiger partial charge < -0.3 is 0 Å². The average molecular weight is 164 g/mol. The van der Waals surface area contributed by atoms with Crippen molar-refractivity contribution in [2.24, 2.45) is 10.1 Å². The number of hydrogen-bond donors (Lipinski definition) is 0. The van der Waals surface area contributed by atoms with E-state index < -0.39 is 0 Å². The van der Waals surface area contributed by atoms with E-state index in [-0.39, 0.29) is 12.1 Å². The van der Waals surface area contributed by atoms with Crippen molar-refractivity contribution in [1.29, 1.82) is 0 Å². The van der Waals surface area contributed by atoms with Crippen LogP contribution < -0.4 is 0 Å². The van der Waals surface area contributed by atoms with Crippen LogP contribution in [0, 0.1) is 0 Å². The lowest BCUT2D eigenvalue weighted by atomic mass is 10.0. The largest absolute Gasteiger partial charge is 0.562 e. The summed E-state index contributed by atoms with van der Waals surface area (Å²) in [4.78, 5) is 14.6. The highest BCUT2D eigenvalue weighted by Crippen LogP contribution is 2.15. The quantitative estimate of drug-likeness (QED) is 0.430. The molecule has 1 heterocycles. The normalized spacial score (nSPS) is 27.8. The van der Waals surface area contributed by atoms with Gasteiger partial charge >= 0.3 is 6.03 Å². The van der Waals surface area contributed by atoms with Crippen molar-refractivity contribution in [3.05, 3.63) is 12.2 Å². The van der Waals surface area contributed by atoms with Gasteiger partial charge in [0, 0.05) is 4.99 Å². The fourth-order valence-corrected chi connectivity index (χ4v) is 1.47. The Labute approximate surface area is 70.3 Å². The number of azo groups is 2. The highest BCUT2D eigenvalue weighted by atomic mass is 16.2. The molecule has 62 valence electrons. The van der Waals surface area contributed by atoms with Gasteiger partial charge in [0.1, 0.15) is 6.04 Å². The van der Waals surface area contributed by atoms with Gasteiger partial charge in [0.15, 0.2) is 0 Å². The summed E-state index contributed by atoms with van der Waals surface area (Å²) >= 11 is 0. The summed E-state index contributed by atoms with van der Waals surface area (Å²) in [5.74, 6) is 0. The number of urea groups is 1. The zero-order chi connectivity index (χ0) is 8.39. The highest BCUT2D eigenvalue weighted by molar-refractivity contribution is 5.80. The first kappa shape index (κ1) is 7.34. The van der Waals surface area contributed by atoms with Crippen LogP contribution >= 0.6 is 0 Å². The predicted molar refractivity (Wildman–Crippen MR) is 43.4 cm³/mol. The van der Waals surface area contributed by atoms with Crippen molar-refractivity contribution in [2.45, 2.75) is 25.3 Å². The number of allylic oxidation sites excluding steroid dienone is 1. The van der Waals surface area contributed by atoms with Crippen LogP contribution in [-0.2, 0) is 0 Å². The summed E-state index contributed by atoms with van der Waals surface area (Å²) in [6, 6.07) is -0.111. The molecular formula is C8H10N3O+. The summed E-state index contributed by atoms with van der Waals surface area (Å²) in [5, 5.41) is 3.88. The molecule has 0 N–H and O–H groups in total. The molecule has 2 aliphatic rings. The second-order valence-corrected chi connectivity index (χ2v) is 2.91. The van der Waals surface area contributed by atoms with Crippen LogP contribution in [-0.4, -0.2) is 23.1 Å². The molecule has 0 saturated carbocycles. The van der Waals surface area contributed by atoms with Crippen LogP contribution in [0.3, 0.4) is 0 Å². The molecular weight excluding hydrogens is 154 g/mol. The van der Waals surface area contributed by atoms with Crippen LogP contribution in [0.25, 0.3) is 0 Å². The third-order valence-corrected chi connectivity index (χ3v) is 2.08. The van der Waals surface area contributed by atoms with Gasteiger partial charge in [-0.2, -0.15) is 4.79 Å². The van der Waals surface area contributed by atoms with Crippen molar-refractivity contribution < 1.29 is 9.49 Å². The first-order chi connectivity index (χ1) is 5.88. The van der Waals surface area contributed by atoms with E-state index in [0.29, 0.717) is 0 Å². The summed E-state index contributed by atoms with van der Waals surface area (Å²) in [6.45, 7) is 0. The van der Waals surface area contributed by atoms with Crippen molar-refractivity contribution in [3.8, 4) is 0 Å². The molecule has 2 amide bonds. The van der Waals surface area contributed by atoms with Gasteiger partial charge in [0.2, 0.25) is 0 Å². The summed E-state index contributed by atoms with van der Waals surface area (Å²) < 4.78 is 1.44. The Bertz CT molecular complexity index is 291. The van der Waals surface area contributed by atoms with Crippen LogP contribution in [0.1, 0.15) is 19.3 Å². The summed E-state index contributed by atoms with van der Waals surface area (Å²) in [5.41, 5.74) is 0. The first-order valence-corrected chi connectivity index (χ1v) is 4.11. The van der Waals surface area contributed by atoms with Crippen molar-refractivity contribution in [3.63, 3.8) is 0 Å². The zero-order valence-electron chi connectivity index (χ0n) is 6.68. The number of hydrogen-bond acceptors (Lipinski definition) is 2. The van der Waals surface area contributed by atoms with Gasteiger partial charge in [-0.05, 0) is 30.5 Å². The van der Waals surface area contributed by atoms with Crippen molar-refractivity contribution >= 4 is 12.4 Å². The molecule has 12 heavy (non-hydrogen) atoms. The van der Waals surface area contributed by atoms with E-state index in [4.69, 9.17) is 0 Å². The van der Waals surface area contributed by atoms with Gasteiger partial charge in [0.05, 0.1) is 0 Å². The molecule has 4 nitrogen and oxygen atoms in total. The molecule has 0 aromatic rings. The number of aliphatic imine (C=N–C) groups is 1. The lowest BCUT2D eigenvalue weighted by molar-refractivity contribution is -0.515. The number of carbonyl (C=O) groups excluding carboxylic acids is 1. The molecule has 2 rings (SSSR count). The average Bonchev–Trinajstić information content (AvgIpc) is 2.53. The summed E-state index contributed by atoms with van der Waals surface area (Å²) in [7, 11) is 0. The summed E-state index contributed by atoms with van der Waals surface area (Å²) in [6.07, 6.45) is 8.66. The minimum Gasteiger partial charge on any atom is -0.191 e. The Hall–Kier alpha value is -1.32. The van der Waals surface area contributed by atoms with E-state index in [2.05, 4.69) is 16.2 Å². The molecule has 0 aromatic heterocycles. The minimum atomic E-state index is -0.244. The Kier molecular flexibility index (Phi) is 1.81. The second kappa shape index (κ2) is 2.97. The number of nitrogens with zero attached hydrogens (tertiary/aromatic N) is 3. The molecule has 1 atom stereocenters. The fourth-order valence-electron chi connectivity index (χ4n) is 1.47. The van der Waals surface area contributed by atoms with Crippen molar-refractivity contribution in [2.75, 3.05) is 0 Å². The van der Waals surface area contributed by atoms with Gasteiger partial charge in [-0.1, -0.05) is 10.8 Å². The van der Waals surface area contributed by atoms with Gasteiger partial charge in [-0.25, -0.2) is 0 Å². The monoisotopic (exact) mass is 164 g/mol. The Morgan fingerprint density at radius 1 is 1.58 bits per heavy atom. The molecule has 4 heteroatoms. The van der Waals surface area contributed by atoms with Crippen LogP contribution in [0.4, 0.5) is 4.79 Å². The maximum Gasteiger partial charge on any atom is 0.562 e. The van der Waals surface area contributed by atoms with Gasteiger partial charge in [0.25, 0.3) is 6.34 Å². The van der Waals surface area contributed by atoms with E-state index in [1.807, 2.05) is 6.08 Å². The third-order valence-electron chi connectivity index (χ3n) is 2.08. The zero-order valence-corrected chi connectivity index (χ0v) is 6.68. The number of amides is 2. The molecule has 0 radical (unpaired) electrons. The predicted octanol–water partition coefficient (Wildman–Crippen LogP) is 1.72. The Morgan fingerprint density at radius 3 is 3.08 bits per heavy atom. The number of rotatable bonds is 1. The van der Waals surface area contributed by atoms with Crippen LogP contribution in [0.2, 0.25) is 0 Å². The lowest BCUT2D eigenvalue weighted by Gasteiger charge is -2.10. The maximum absolute atomic E-state index is 11.1. The first-order valence-electron chi connectivity index (χ1n) is 4.11. The van der Waals surface area contributed by atoms with E-state index in [1.165, 1.54) is 11.0 Å². The smallest absolute Gasteiger partial charge is 0.191 e. The van der Waals surface area contributed by atoms with E-state index in [0.717, 1.165) is 19.3 Å². The Balaban J connectivity index is 2.15. The van der Waals surface area contributed by atoms with Crippen LogP contribution in [0.5, 0.6) is 0 Å². The standard InChI is InChI=1S/C8H10N3O/c12-8-9-6-10-11(8)7-4-2-1-3-5-7/h2,4,6-7H,1,3,5H2/q+1. The highest BCUT2D eigenvalue weighted by Gasteiger charge is 2.30. The van der Waals surface area contributed by atoms with Gasteiger partial charge in [-0.15, -0.1) is 0 Å². The number of carbonyl (C=O) groups is 1. The molecule has 0 bridgehead atoms. The van der Waals surface area contributed by atoms with E-state index >= 15 is 0 Å². The second-order valence-electron chi connectivity index (χ2n) is 2.91. The molecule has 1 unspecified atom stereocenters. The molecule has 0 aromatic carbocycles. The molecule has 0 fully saturated rings. The third kappa shape index (κ3) is 1.20. The molecule has 0 saturated heterocycles. The molecule has 1 aliphatic carbocycles. The van der Waals surface area contributed by atoms with E-state index in [1.54, 1.807) is 0 Å². The fraction of sp³-hybridized carbons (Fsp3) is 0.500. The Morgan fingerprint density at radius 2 is 2.50 bits per heavy atom. The van der Waals surface area contributed by atoms with Crippen LogP contribution in [0.15, 0.2) is 22.3 Å². The lowest BCUT2D eigenvalue weighted by Crippen LogP contribution is -2.26. The SMILES string of the molecule is O=C1N=CN=[N+]1C1C=CCCC1. The van der Waals surface area contributed by atoms with Gasteiger partial charge in [-0.3, -0.25) is 0 Å². The molecule has 0 spiro atoms. The minimum absolute atomic E-state index is 0.133. The van der Waals surface area contributed by atoms with E-state index in [9.17, 15) is 4.79 Å². The molecule has 1 aliphatic heterocycles. The van der Waals surface area contributed by atoms with Crippen molar-refractivity contribution in [1.82, 2.24) is 0 Å².